The summed E-state index contributed by atoms with van der Waals surface area (Å²) in [6.45, 7) is 3.46. The predicted molar refractivity (Wildman–Crippen MR) is 103 cm³/mol. The summed E-state index contributed by atoms with van der Waals surface area (Å²) < 4.78 is 45.4. The Morgan fingerprint density at radius 3 is 2.55 bits per heavy atom. The van der Waals surface area contributed by atoms with Crippen molar-refractivity contribution >= 4 is 29.0 Å². The van der Waals surface area contributed by atoms with Gasteiger partial charge in [-0.25, -0.2) is 4.79 Å². The van der Waals surface area contributed by atoms with Gasteiger partial charge in [-0.2, -0.15) is 13.2 Å². The van der Waals surface area contributed by atoms with Crippen LogP contribution < -0.4 is 10.6 Å². The molecule has 0 saturated heterocycles. The van der Waals surface area contributed by atoms with Crippen molar-refractivity contribution in [3.8, 4) is 0 Å². The van der Waals surface area contributed by atoms with Crippen molar-refractivity contribution in [2.75, 3.05) is 17.7 Å². The number of methoxy groups -OCH3 is 1. The highest BCUT2D eigenvalue weighted by Crippen LogP contribution is 2.45. The Morgan fingerprint density at radius 2 is 1.97 bits per heavy atom. The van der Waals surface area contributed by atoms with Crippen LogP contribution in [0.1, 0.15) is 54.3 Å². The summed E-state index contributed by atoms with van der Waals surface area (Å²) in [4.78, 5) is 20.4. The fraction of sp³-hybridized carbons (Fsp3) is 0.421. The van der Waals surface area contributed by atoms with E-state index in [-0.39, 0.29) is 17.3 Å². The second-order valence-corrected chi connectivity index (χ2v) is 7.25. The van der Waals surface area contributed by atoms with E-state index in [0.717, 1.165) is 6.07 Å². The molecular weight excluding hydrogens is 409 g/mol. The number of nitrogens with zero attached hydrogens (tertiary/aromatic N) is 2. The van der Waals surface area contributed by atoms with Crippen LogP contribution in [0.3, 0.4) is 0 Å². The standard InChI is InChI=1S/C19H20ClF3N4O2/c1-9-16(20)15(10(2)29-3)14(8-24-9)27-18(28)26-12-6-13(19(21,22)23)17(25-7-12)11-4-5-11/h6-8,10-11H,4-5H2,1-3H3,(H2,26,27,28)/t10-/m1/s1. The molecule has 0 radical (unpaired) electrons. The van der Waals surface area contributed by atoms with Crippen LogP contribution in [0, 0.1) is 6.92 Å². The summed E-state index contributed by atoms with van der Waals surface area (Å²) in [7, 11) is 1.49. The Kier molecular flexibility index (Phi) is 6.00. The lowest BCUT2D eigenvalue weighted by molar-refractivity contribution is -0.138. The first kappa shape index (κ1) is 21.3. The average molecular weight is 429 g/mol. The van der Waals surface area contributed by atoms with E-state index in [1.165, 1.54) is 19.5 Å². The molecule has 0 unspecified atom stereocenters. The van der Waals surface area contributed by atoms with Crippen molar-refractivity contribution in [2.24, 2.45) is 0 Å². The number of nitrogens with one attached hydrogen (secondary N) is 2. The van der Waals surface area contributed by atoms with Gasteiger partial charge in [-0.05, 0) is 32.8 Å². The van der Waals surface area contributed by atoms with Gasteiger partial charge in [-0.3, -0.25) is 9.97 Å². The first-order valence-corrected chi connectivity index (χ1v) is 9.32. The lowest BCUT2D eigenvalue weighted by atomic mass is 10.1. The Bertz CT molecular complexity index is 932. The Morgan fingerprint density at radius 1 is 1.28 bits per heavy atom. The number of aryl methyl sites for hydroxylation is 1. The van der Waals surface area contributed by atoms with Crippen LogP contribution in [0.25, 0.3) is 0 Å². The van der Waals surface area contributed by atoms with Crippen molar-refractivity contribution in [1.82, 2.24) is 9.97 Å². The van der Waals surface area contributed by atoms with Crippen LogP contribution in [0.4, 0.5) is 29.3 Å². The van der Waals surface area contributed by atoms with Crippen LogP contribution in [-0.4, -0.2) is 23.1 Å². The van der Waals surface area contributed by atoms with Gasteiger partial charge in [-0.1, -0.05) is 11.6 Å². The van der Waals surface area contributed by atoms with Gasteiger partial charge in [0.1, 0.15) is 0 Å². The summed E-state index contributed by atoms with van der Waals surface area (Å²) in [6.07, 6.45) is -0.969. The predicted octanol–water partition coefficient (Wildman–Crippen LogP) is 5.69. The second-order valence-electron chi connectivity index (χ2n) is 6.87. The number of carbonyl (C=O) groups excluding carboxylic acids is 1. The number of ether oxygens (including phenoxy) is 1. The fourth-order valence-electron chi connectivity index (χ4n) is 2.95. The van der Waals surface area contributed by atoms with Crippen LogP contribution in [-0.2, 0) is 10.9 Å². The molecule has 3 rings (SSSR count). The highest BCUT2D eigenvalue weighted by atomic mass is 35.5. The number of anilines is 2. The molecule has 2 heterocycles. The molecule has 1 aliphatic rings. The van der Waals surface area contributed by atoms with E-state index < -0.39 is 23.9 Å². The zero-order valence-corrected chi connectivity index (χ0v) is 16.8. The highest BCUT2D eigenvalue weighted by Gasteiger charge is 2.39. The molecule has 2 amide bonds. The van der Waals surface area contributed by atoms with Gasteiger partial charge in [-0.15, -0.1) is 0 Å². The molecule has 156 valence electrons. The molecule has 2 aromatic rings. The Hall–Kier alpha value is -2.39. The van der Waals surface area contributed by atoms with Crippen LogP contribution in [0.2, 0.25) is 5.02 Å². The molecule has 10 heteroatoms. The van der Waals surface area contributed by atoms with Gasteiger partial charge >= 0.3 is 12.2 Å². The van der Waals surface area contributed by atoms with Crippen LogP contribution in [0.15, 0.2) is 18.5 Å². The Balaban J connectivity index is 1.82. The smallest absolute Gasteiger partial charge is 0.377 e. The molecule has 6 nitrogen and oxygen atoms in total. The number of urea groups is 1. The normalized spacial score (nSPS) is 15.1. The van der Waals surface area contributed by atoms with Crippen molar-refractivity contribution in [2.45, 2.75) is 44.9 Å². The number of carbonyl (C=O) groups is 1. The molecule has 0 aliphatic heterocycles. The number of hydrogen-bond donors (Lipinski definition) is 2. The molecule has 1 saturated carbocycles. The third-order valence-electron chi connectivity index (χ3n) is 4.69. The van der Waals surface area contributed by atoms with Gasteiger partial charge in [0.15, 0.2) is 0 Å². The van der Waals surface area contributed by atoms with E-state index >= 15 is 0 Å². The SMILES string of the molecule is CO[C@H](C)c1c(NC(=O)Nc2cnc(C3CC3)c(C(F)(F)F)c2)cnc(C)c1Cl. The van der Waals surface area contributed by atoms with Gasteiger partial charge in [0.05, 0.1) is 51.8 Å². The van der Waals surface area contributed by atoms with E-state index in [4.69, 9.17) is 16.3 Å². The maximum Gasteiger partial charge on any atom is 0.418 e. The number of amides is 2. The molecule has 0 spiro atoms. The molecule has 1 aliphatic carbocycles. The summed E-state index contributed by atoms with van der Waals surface area (Å²) >= 11 is 6.29. The van der Waals surface area contributed by atoms with E-state index in [1.807, 2.05) is 0 Å². The third kappa shape index (κ3) is 4.79. The number of alkyl halides is 3. The lowest BCUT2D eigenvalue weighted by Gasteiger charge is -2.19. The van der Waals surface area contributed by atoms with Crippen molar-refractivity contribution < 1.29 is 22.7 Å². The van der Waals surface area contributed by atoms with E-state index in [0.29, 0.717) is 34.8 Å². The molecule has 29 heavy (non-hydrogen) atoms. The third-order valence-corrected chi connectivity index (χ3v) is 5.16. The zero-order valence-electron chi connectivity index (χ0n) is 16.0. The second kappa shape index (κ2) is 8.16. The monoisotopic (exact) mass is 428 g/mol. The summed E-state index contributed by atoms with van der Waals surface area (Å²) in [5.41, 5.74) is 0.514. The number of rotatable bonds is 5. The molecule has 0 bridgehead atoms. The molecule has 2 aromatic heterocycles. The lowest BCUT2D eigenvalue weighted by Crippen LogP contribution is -2.22. The van der Waals surface area contributed by atoms with Crippen molar-refractivity contribution in [3.63, 3.8) is 0 Å². The quantitative estimate of drug-likeness (QED) is 0.641. The van der Waals surface area contributed by atoms with E-state index in [2.05, 4.69) is 20.6 Å². The van der Waals surface area contributed by atoms with Gasteiger partial charge in [0, 0.05) is 18.6 Å². The molecular formula is C19H20ClF3N4O2. The molecule has 2 N–H and O–H groups in total. The number of aromatic nitrogens is 2. The van der Waals surface area contributed by atoms with E-state index in [9.17, 15) is 18.0 Å². The minimum Gasteiger partial charge on any atom is -0.377 e. The van der Waals surface area contributed by atoms with Gasteiger partial charge < -0.3 is 15.4 Å². The molecule has 0 aromatic carbocycles. The van der Waals surface area contributed by atoms with Crippen molar-refractivity contribution in [1.29, 1.82) is 0 Å². The first-order chi connectivity index (χ1) is 13.6. The minimum atomic E-state index is -4.55. The highest BCUT2D eigenvalue weighted by molar-refractivity contribution is 6.32. The maximum absolute atomic E-state index is 13.4. The first-order valence-electron chi connectivity index (χ1n) is 8.94. The largest absolute Gasteiger partial charge is 0.418 e. The summed E-state index contributed by atoms with van der Waals surface area (Å²) in [5, 5.41) is 5.29. The fourth-order valence-corrected chi connectivity index (χ4v) is 3.26. The summed E-state index contributed by atoms with van der Waals surface area (Å²) in [5.74, 6) is -0.173. The Labute approximate surface area is 170 Å². The number of hydrogen-bond acceptors (Lipinski definition) is 4. The van der Waals surface area contributed by atoms with Crippen LogP contribution >= 0.6 is 11.6 Å². The van der Waals surface area contributed by atoms with Crippen molar-refractivity contribution in [3.05, 3.63) is 46.0 Å². The molecule has 1 atom stereocenters. The van der Waals surface area contributed by atoms with Gasteiger partial charge in [0.2, 0.25) is 0 Å². The topological polar surface area (TPSA) is 76.1 Å². The van der Waals surface area contributed by atoms with E-state index in [1.54, 1.807) is 13.8 Å². The van der Waals surface area contributed by atoms with Crippen LogP contribution in [0.5, 0.6) is 0 Å². The van der Waals surface area contributed by atoms with Gasteiger partial charge in [0.25, 0.3) is 0 Å². The average Bonchev–Trinajstić information content (AvgIpc) is 3.49. The number of pyridine rings is 2. The molecule has 1 fully saturated rings. The minimum absolute atomic E-state index is 0.0224. The maximum atomic E-state index is 13.4. The number of halogens is 4. The summed E-state index contributed by atoms with van der Waals surface area (Å²) in [6, 6.07) is 0.157. The zero-order chi connectivity index (χ0) is 21.3.